The standard InChI is InChI=1S/C15H13BrCl2FN/c1-20-15(12-8-11(17)3-4-13(12)18)7-9-6-10(16)2-5-14(9)19/h2-6,8,15,20H,7H2,1H3. The molecule has 1 unspecified atom stereocenters. The zero-order chi connectivity index (χ0) is 14.7. The van der Waals surface area contributed by atoms with Gasteiger partial charge in [-0.25, -0.2) is 4.39 Å². The van der Waals surface area contributed by atoms with Crippen molar-refractivity contribution in [3.8, 4) is 0 Å². The smallest absolute Gasteiger partial charge is 0.126 e. The van der Waals surface area contributed by atoms with Gasteiger partial charge in [-0.2, -0.15) is 0 Å². The van der Waals surface area contributed by atoms with Gasteiger partial charge in [0.05, 0.1) is 0 Å². The molecule has 1 N–H and O–H groups in total. The fraction of sp³-hybridized carbons (Fsp3) is 0.200. The molecule has 2 aromatic carbocycles. The minimum absolute atomic E-state index is 0.106. The summed E-state index contributed by atoms with van der Waals surface area (Å²) < 4.78 is 14.7. The summed E-state index contributed by atoms with van der Waals surface area (Å²) in [5.74, 6) is -0.230. The van der Waals surface area contributed by atoms with Crippen molar-refractivity contribution in [3.05, 3.63) is 67.9 Å². The van der Waals surface area contributed by atoms with Gasteiger partial charge >= 0.3 is 0 Å². The van der Waals surface area contributed by atoms with Crippen molar-refractivity contribution >= 4 is 39.1 Å². The largest absolute Gasteiger partial charge is 0.313 e. The van der Waals surface area contributed by atoms with Crippen LogP contribution in [0, 0.1) is 5.82 Å². The van der Waals surface area contributed by atoms with Crippen LogP contribution in [0.15, 0.2) is 40.9 Å². The Bertz CT molecular complexity index is 619. The number of hydrogen-bond donors (Lipinski definition) is 1. The van der Waals surface area contributed by atoms with E-state index in [4.69, 9.17) is 23.2 Å². The molecule has 2 rings (SSSR count). The molecule has 106 valence electrons. The Morgan fingerprint density at radius 1 is 1.20 bits per heavy atom. The Kier molecular flexibility index (Phi) is 5.44. The molecule has 0 aliphatic heterocycles. The quantitative estimate of drug-likeness (QED) is 0.753. The number of benzene rings is 2. The first kappa shape index (κ1) is 15.8. The zero-order valence-electron chi connectivity index (χ0n) is 10.8. The van der Waals surface area contributed by atoms with Gasteiger partial charge in [0.1, 0.15) is 5.82 Å². The van der Waals surface area contributed by atoms with Crippen LogP contribution < -0.4 is 5.32 Å². The van der Waals surface area contributed by atoms with E-state index in [1.54, 1.807) is 30.3 Å². The maximum absolute atomic E-state index is 13.9. The average molecular weight is 377 g/mol. The van der Waals surface area contributed by atoms with E-state index in [1.165, 1.54) is 6.07 Å². The molecule has 5 heteroatoms. The highest BCUT2D eigenvalue weighted by molar-refractivity contribution is 9.10. The number of nitrogens with one attached hydrogen (secondary N) is 1. The van der Waals surface area contributed by atoms with E-state index >= 15 is 0 Å². The number of likely N-dealkylation sites (N-methyl/N-ethyl adjacent to an activating group) is 1. The van der Waals surface area contributed by atoms with Gasteiger partial charge in [0.2, 0.25) is 0 Å². The summed E-state index contributed by atoms with van der Waals surface area (Å²) in [6.45, 7) is 0. The molecule has 0 spiro atoms. The minimum Gasteiger partial charge on any atom is -0.313 e. The van der Waals surface area contributed by atoms with Crippen LogP contribution in [-0.4, -0.2) is 7.05 Å². The lowest BCUT2D eigenvalue weighted by molar-refractivity contribution is 0.554. The molecule has 0 radical (unpaired) electrons. The molecule has 0 amide bonds. The molecule has 0 aliphatic carbocycles. The van der Waals surface area contributed by atoms with E-state index in [1.807, 2.05) is 7.05 Å². The van der Waals surface area contributed by atoms with Gasteiger partial charge in [-0.15, -0.1) is 0 Å². The first-order valence-electron chi connectivity index (χ1n) is 6.07. The lowest BCUT2D eigenvalue weighted by atomic mass is 9.98. The van der Waals surface area contributed by atoms with Gasteiger partial charge in [0, 0.05) is 20.6 Å². The van der Waals surface area contributed by atoms with Gasteiger partial charge in [0.15, 0.2) is 0 Å². The highest BCUT2D eigenvalue weighted by Crippen LogP contribution is 2.29. The third-order valence-corrected chi connectivity index (χ3v) is 4.19. The van der Waals surface area contributed by atoms with Gasteiger partial charge in [-0.3, -0.25) is 0 Å². The van der Waals surface area contributed by atoms with Gasteiger partial charge < -0.3 is 5.32 Å². The van der Waals surface area contributed by atoms with Crippen molar-refractivity contribution in [1.82, 2.24) is 5.32 Å². The van der Waals surface area contributed by atoms with Crippen molar-refractivity contribution in [3.63, 3.8) is 0 Å². The first-order chi connectivity index (χ1) is 9.51. The molecule has 1 nitrogen and oxygen atoms in total. The van der Waals surface area contributed by atoms with E-state index < -0.39 is 0 Å². The first-order valence-corrected chi connectivity index (χ1v) is 7.62. The molecule has 0 aliphatic rings. The Balaban J connectivity index is 2.33. The zero-order valence-corrected chi connectivity index (χ0v) is 13.9. The van der Waals surface area contributed by atoms with Gasteiger partial charge in [-0.05, 0) is 61.0 Å². The van der Waals surface area contributed by atoms with E-state index in [-0.39, 0.29) is 11.9 Å². The Labute approximate surface area is 136 Å². The van der Waals surface area contributed by atoms with Crippen LogP contribution in [0.5, 0.6) is 0 Å². The fourth-order valence-corrected chi connectivity index (χ4v) is 2.91. The van der Waals surface area contributed by atoms with Crippen molar-refractivity contribution in [2.24, 2.45) is 0 Å². The van der Waals surface area contributed by atoms with E-state index in [2.05, 4.69) is 21.2 Å². The van der Waals surface area contributed by atoms with E-state index in [0.29, 0.717) is 22.0 Å². The second kappa shape index (κ2) is 6.90. The third-order valence-electron chi connectivity index (χ3n) is 3.11. The van der Waals surface area contributed by atoms with Crippen LogP contribution in [0.2, 0.25) is 10.0 Å². The number of rotatable bonds is 4. The van der Waals surface area contributed by atoms with Crippen LogP contribution in [0.1, 0.15) is 17.2 Å². The molecule has 0 heterocycles. The summed E-state index contributed by atoms with van der Waals surface area (Å²) in [7, 11) is 1.82. The molecule has 20 heavy (non-hydrogen) atoms. The molecular formula is C15H13BrCl2FN. The fourth-order valence-electron chi connectivity index (χ4n) is 2.07. The van der Waals surface area contributed by atoms with Crippen LogP contribution in [-0.2, 0) is 6.42 Å². The molecule has 0 bridgehead atoms. The number of halogens is 4. The summed E-state index contributed by atoms with van der Waals surface area (Å²) in [4.78, 5) is 0. The highest BCUT2D eigenvalue weighted by atomic mass is 79.9. The van der Waals surface area contributed by atoms with Crippen molar-refractivity contribution in [1.29, 1.82) is 0 Å². The molecule has 1 atom stereocenters. The summed E-state index contributed by atoms with van der Waals surface area (Å²) in [5.41, 5.74) is 1.48. The lowest BCUT2D eigenvalue weighted by Crippen LogP contribution is -2.19. The molecule has 2 aromatic rings. The topological polar surface area (TPSA) is 12.0 Å². The monoisotopic (exact) mass is 375 g/mol. The molecule has 0 saturated heterocycles. The Morgan fingerprint density at radius 3 is 2.65 bits per heavy atom. The second-order valence-electron chi connectivity index (χ2n) is 4.45. The van der Waals surface area contributed by atoms with Crippen LogP contribution in [0.3, 0.4) is 0 Å². The number of hydrogen-bond acceptors (Lipinski definition) is 1. The molecule has 0 saturated carbocycles. The van der Waals surface area contributed by atoms with Crippen molar-refractivity contribution in [2.75, 3.05) is 7.05 Å². The molecular weight excluding hydrogens is 364 g/mol. The normalized spacial score (nSPS) is 12.4. The summed E-state index contributed by atoms with van der Waals surface area (Å²) >= 11 is 15.6. The van der Waals surface area contributed by atoms with Crippen molar-refractivity contribution in [2.45, 2.75) is 12.5 Å². The predicted molar refractivity (Wildman–Crippen MR) is 86.1 cm³/mol. The van der Waals surface area contributed by atoms with Crippen LogP contribution in [0.25, 0.3) is 0 Å². The SMILES string of the molecule is CNC(Cc1cc(Br)ccc1F)c1cc(Cl)ccc1Cl. The Hall–Kier alpha value is -0.610. The van der Waals surface area contributed by atoms with E-state index in [0.717, 1.165) is 10.0 Å². The summed E-state index contributed by atoms with van der Waals surface area (Å²) in [6, 6.07) is 10.1. The van der Waals surface area contributed by atoms with Crippen LogP contribution in [0.4, 0.5) is 4.39 Å². The Morgan fingerprint density at radius 2 is 1.95 bits per heavy atom. The summed E-state index contributed by atoms with van der Waals surface area (Å²) in [5, 5.41) is 4.38. The average Bonchev–Trinajstić information content (AvgIpc) is 2.42. The van der Waals surface area contributed by atoms with Crippen LogP contribution >= 0.6 is 39.1 Å². The second-order valence-corrected chi connectivity index (χ2v) is 6.21. The summed E-state index contributed by atoms with van der Waals surface area (Å²) in [6.07, 6.45) is 0.488. The van der Waals surface area contributed by atoms with Crippen molar-refractivity contribution < 1.29 is 4.39 Å². The third kappa shape index (κ3) is 3.73. The minimum atomic E-state index is -0.230. The molecule has 0 aromatic heterocycles. The highest BCUT2D eigenvalue weighted by Gasteiger charge is 2.16. The lowest BCUT2D eigenvalue weighted by Gasteiger charge is -2.19. The predicted octanol–water partition coefficient (Wildman–Crippen LogP) is 5.40. The molecule has 0 fully saturated rings. The maximum Gasteiger partial charge on any atom is 0.126 e. The van der Waals surface area contributed by atoms with E-state index in [9.17, 15) is 4.39 Å². The maximum atomic E-state index is 13.9. The van der Waals surface area contributed by atoms with Gasteiger partial charge in [0.25, 0.3) is 0 Å². The van der Waals surface area contributed by atoms with Gasteiger partial charge in [-0.1, -0.05) is 39.1 Å².